The molecule has 0 spiro atoms. The number of amides is 1. The molecular formula is C25H23N5O3. The van der Waals surface area contributed by atoms with E-state index in [1.54, 1.807) is 30.3 Å². The lowest BCUT2D eigenvalue weighted by Gasteiger charge is -2.15. The summed E-state index contributed by atoms with van der Waals surface area (Å²) in [4.78, 5) is 31.1. The number of rotatable bonds is 7. The van der Waals surface area contributed by atoms with Crippen LogP contribution in [0.25, 0.3) is 22.3 Å². The Hall–Kier alpha value is -4.46. The van der Waals surface area contributed by atoms with Crippen LogP contribution in [0.3, 0.4) is 0 Å². The van der Waals surface area contributed by atoms with Crippen molar-refractivity contribution in [2.45, 2.75) is 0 Å². The zero-order valence-electron chi connectivity index (χ0n) is 18.3. The van der Waals surface area contributed by atoms with E-state index in [4.69, 9.17) is 10.5 Å². The van der Waals surface area contributed by atoms with Crippen molar-refractivity contribution < 1.29 is 9.53 Å². The molecule has 2 N–H and O–H groups in total. The first-order valence-electron chi connectivity index (χ1n) is 10.3. The molecular weight excluding hydrogens is 418 g/mol. The zero-order valence-corrected chi connectivity index (χ0v) is 18.3. The molecule has 3 aromatic carbocycles. The van der Waals surface area contributed by atoms with Gasteiger partial charge in [0.05, 0.1) is 17.1 Å². The van der Waals surface area contributed by atoms with Crippen LogP contribution in [-0.4, -0.2) is 42.5 Å². The van der Waals surface area contributed by atoms with Gasteiger partial charge in [-0.1, -0.05) is 42.5 Å². The first kappa shape index (κ1) is 21.8. The topological polar surface area (TPSA) is 103 Å². The minimum absolute atomic E-state index is 0.273. The molecule has 8 heteroatoms. The zero-order chi connectivity index (χ0) is 23.4. The van der Waals surface area contributed by atoms with Crippen LogP contribution in [0, 0.1) is 0 Å². The number of aromatic nitrogens is 2. The molecule has 1 aromatic heterocycles. The number of para-hydroxylation sites is 1. The van der Waals surface area contributed by atoms with Crippen molar-refractivity contribution >= 4 is 28.7 Å². The second kappa shape index (κ2) is 9.35. The van der Waals surface area contributed by atoms with Gasteiger partial charge in [-0.25, -0.2) is 4.98 Å². The van der Waals surface area contributed by atoms with Crippen LogP contribution in [0.1, 0.15) is 5.56 Å². The highest BCUT2D eigenvalue weighted by Crippen LogP contribution is 2.24. The minimum Gasteiger partial charge on any atom is -0.483 e. The summed E-state index contributed by atoms with van der Waals surface area (Å²) >= 11 is 0. The molecule has 0 atom stereocenters. The van der Waals surface area contributed by atoms with Gasteiger partial charge < -0.3 is 15.4 Å². The molecule has 8 nitrogen and oxygen atoms in total. The molecule has 166 valence electrons. The summed E-state index contributed by atoms with van der Waals surface area (Å²) in [6, 6.07) is 22.0. The molecule has 0 unspecified atom stereocenters. The Labute approximate surface area is 190 Å². The van der Waals surface area contributed by atoms with Crippen LogP contribution in [0.5, 0.6) is 5.75 Å². The van der Waals surface area contributed by atoms with E-state index in [1.807, 2.05) is 61.5 Å². The molecule has 1 heterocycles. The Balaban J connectivity index is 1.85. The third-order valence-corrected chi connectivity index (χ3v) is 4.98. The Morgan fingerprint density at radius 1 is 1.09 bits per heavy atom. The van der Waals surface area contributed by atoms with Crippen molar-refractivity contribution in [1.29, 1.82) is 0 Å². The van der Waals surface area contributed by atoms with Gasteiger partial charge >= 0.3 is 0 Å². The predicted molar refractivity (Wildman–Crippen MR) is 130 cm³/mol. The number of primary amides is 1. The third kappa shape index (κ3) is 4.74. The maximum atomic E-state index is 13.3. The average molecular weight is 441 g/mol. The summed E-state index contributed by atoms with van der Waals surface area (Å²) in [6.45, 7) is -0.273. The number of nitrogens with two attached hydrogens (primary N) is 1. The van der Waals surface area contributed by atoms with Crippen molar-refractivity contribution in [3.8, 4) is 17.1 Å². The highest BCUT2D eigenvalue weighted by molar-refractivity contribution is 5.86. The molecule has 33 heavy (non-hydrogen) atoms. The number of benzene rings is 3. The number of hydrogen-bond acceptors (Lipinski definition) is 6. The summed E-state index contributed by atoms with van der Waals surface area (Å²) in [7, 11) is 3.79. The van der Waals surface area contributed by atoms with E-state index in [-0.39, 0.29) is 12.2 Å². The van der Waals surface area contributed by atoms with E-state index in [2.05, 4.69) is 10.1 Å². The maximum Gasteiger partial charge on any atom is 0.282 e. The summed E-state index contributed by atoms with van der Waals surface area (Å²) in [5.41, 5.74) is 7.76. The SMILES string of the molecule is CN(C)c1ccc(C=Nn2c(-c3ccccc3)nc3ccccc3c2=O)c(OCC(N)=O)c1. The first-order valence-corrected chi connectivity index (χ1v) is 10.3. The van der Waals surface area contributed by atoms with Crippen molar-refractivity contribution in [3.63, 3.8) is 0 Å². The summed E-state index contributed by atoms with van der Waals surface area (Å²) in [6.07, 6.45) is 1.51. The quantitative estimate of drug-likeness (QED) is 0.444. The molecule has 0 aliphatic rings. The largest absolute Gasteiger partial charge is 0.483 e. The molecule has 4 aromatic rings. The van der Waals surface area contributed by atoms with Gasteiger partial charge in [-0.2, -0.15) is 9.78 Å². The molecule has 0 bridgehead atoms. The predicted octanol–water partition coefficient (Wildman–Crippen LogP) is 2.88. The Kier molecular flexibility index (Phi) is 6.17. The van der Waals surface area contributed by atoms with Gasteiger partial charge in [0.15, 0.2) is 12.4 Å². The fourth-order valence-corrected chi connectivity index (χ4v) is 3.31. The molecule has 0 radical (unpaired) electrons. The minimum atomic E-state index is -0.588. The molecule has 0 saturated heterocycles. The van der Waals surface area contributed by atoms with Crippen LogP contribution in [-0.2, 0) is 4.79 Å². The maximum absolute atomic E-state index is 13.3. The molecule has 0 saturated carbocycles. The van der Waals surface area contributed by atoms with E-state index >= 15 is 0 Å². The highest BCUT2D eigenvalue weighted by Gasteiger charge is 2.13. The fraction of sp³-hybridized carbons (Fsp3) is 0.120. The van der Waals surface area contributed by atoms with Gasteiger partial charge in [0.1, 0.15) is 5.75 Å². The van der Waals surface area contributed by atoms with Crippen LogP contribution in [0.4, 0.5) is 5.69 Å². The fourth-order valence-electron chi connectivity index (χ4n) is 3.31. The number of carbonyl (C=O) groups excluding carboxylic acids is 1. The number of fused-ring (bicyclic) bond motifs is 1. The number of ether oxygens (including phenoxy) is 1. The van der Waals surface area contributed by atoms with Gasteiger partial charge in [0, 0.05) is 37.0 Å². The van der Waals surface area contributed by atoms with E-state index < -0.39 is 5.91 Å². The second-order valence-electron chi connectivity index (χ2n) is 7.55. The lowest BCUT2D eigenvalue weighted by molar-refractivity contribution is -0.119. The smallest absolute Gasteiger partial charge is 0.282 e. The monoisotopic (exact) mass is 441 g/mol. The van der Waals surface area contributed by atoms with E-state index in [0.29, 0.717) is 28.0 Å². The highest BCUT2D eigenvalue weighted by atomic mass is 16.5. The van der Waals surface area contributed by atoms with Crippen molar-refractivity contribution in [3.05, 3.63) is 88.7 Å². The molecule has 1 amide bonds. The first-order chi connectivity index (χ1) is 15.9. The van der Waals surface area contributed by atoms with Crippen LogP contribution in [0.15, 0.2) is 82.7 Å². The Morgan fingerprint density at radius 2 is 1.82 bits per heavy atom. The lowest BCUT2D eigenvalue weighted by atomic mass is 10.2. The standard InChI is InChI=1S/C25H23N5O3/c1-29(2)19-13-12-18(22(14-19)33-16-23(26)31)15-27-30-24(17-8-4-3-5-9-17)28-21-11-7-6-10-20(21)25(30)32/h3-15H,16H2,1-2H3,(H2,26,31). The number of nitrogens with zero attached hydrogens (tertiary/aromatic N) is 4. The number of carbonyl (C=O) groups is 1. The number of anilines is 1. The Morgan fingerprint density at radius 3 is 2.55 bits per heavy atom. The molecule has 0 aliphatic heterocycles. The van der Waals surface area contributed by atoms with E-state index in [9.17, 15) is 9.59 Å². The average Bonchev–Trinajstić information content (AvgIpc) is 2.82. The molecule has 0 fully saturated rings. The van der Waals surface area contributed by atoms with Gasteiger partial charge in [-0.15, -0.1) is 0 Å². The summed E-state index contributed by atoms with van der Waals surface area (Å²) < 4.78 is 6.87. The van der Waals surface area contributed by atoms with Gasteiger partial charge in [-0.05, 0) is 24.3 Å². The van der Waals surface area contributed by atoms with Crippen molar-refractivity contribution in [1.82, 2.24) is 9.66 Å². The van der Waals surface area contributed by atoms with E-state index in [0.717, 1.165) is 11.3 Å². The van der Waals surface area contributed by atoms with Crippen LogP contribution >= 0.6 is 0 Å². The molecule has 0 aliphatic carbocycles. The van der Waals surface area contributed by atoms with Gasteiger partial charge in [-0.3, -0.25) is 9.59 Å². The molecule has 4 rings (SSSR count). The third-order valence-electron chi connectivity index (χ3n) is 4.98. The lowest BCUT2D eigenvalue weighted by Crippen LogP contribution is -2.21. The van der Waals surface area contributed by atoms with Crippen molar-refractivity contribution in [2.75, 3.05) is 25.6 Å². The Bertz CT molecular complexity index is 1390. The summed E-state index contributed by atoms with van der Waals surface area (Å²) in [5, 5.41) is 4.93. The number of hydrogen-bond donors (Lipinski definition) is 1. The van der Waals surface area contributed by atoms with E-state index in [1.165, 1.54) is 10.9 Å². The second-order valence-corrected chi connectivity index (χ2v) is 7.55. The van der Waals surface area contributed by atoms with Crippen LogP contribution < -0.4 is 20.9 Å². The normalized spacial score (nSPS) is 11.1. The van der Waals surface area contributed by atoms with Gasteiger partial charge in [0.2, 0.25) is 0 Å². The van der Waals surface area contributed by atoms with Gasteiger partial charge in [0.25, 0.3) is 11.5 Å². The van der Waals surface area contributed by atoms with Crippen molar-refractivity contribution in [2.24, 2.45) is 10.8 Å². The van der Waals surface area contributed by atoms with Crippen LogP contribution in [0.2, 0.25) is 0 Å². The summed E-state index contributed by atoms with van der Waals surface area (Å²) in [5.74, 6) is 0.251.